The molecule has 0 saturated carbocycles. The van der Waals surface area contributed by atoms with Crippen molar-refractivity contribution in [3.05, 3.63) is 59.9 Å². The number of rotatable bonds is 4. The van der Waals surface area contributed by atoms with Gasteiger partial charge in [0, 0.05) is 0 Å². The molecule has 0 amide bonds. The molecule has 104 valence electrons. The average molecular weight is 273 g/mol. The fourth-order valence-corrected chi connectivity index (χ4v) is 2.11. The maximum absolute atomic E-state index is 13.3. The number of ether oxygens (including phenoxy) is 1. The zero-order valence-corrected chi connectivity index (χ0v) is 11.2. The molecule has 3 nitrogen and oxygen atoms in total. The number of hydrogen-bond acceptors (Lipinski definition) is 3. The summed E-state index contributed by atoms with van der Waals surface area (Å²) in [5, 5.41) is 0. The number of hydrogen-bond donors (Lipinski definition) is 1. The van der Waals surface area contributed by atoms with E-state index in [0.717, 1.165) is 16.7 Å². The monoisotopic (exact) mass is 273 g/mol. The minimum Gasteiger partial charge on any atom is -0.468 e. The minimum absolute atomic E-state index is 0.297. The van der Waals surface area contributed by atoms with Crippen LogP contribution in [0.1, 0.15) is 5.56 Å². The average Bonchev–Trinajstić information content (AvgIpc) is 2.47. The maximum Gasteiger partial charge on any atom is 0.322 e. The molecule has 0 bridgehead atoms. The number of nitrogens with two attached hydrogens (primary N) is 1. The van der Waals surface area contributed by atoms with Gasteiger partial charge in [-0.1, -0.05) is 36.4 Å². The number of benzene rings is 2. The molecule has 1 atom stereocenters. The van der Waals surface area contributed by atoms with Crippen LogP contribution < -0.4 is 5.73 Å². The minimum atomic E-state index is -0.727. The Morgan fingerprint density at radius 1 is 1.25 bits per heavy atom. The van der Waals surface area contributed by atoms with Crippen molar-refractivity contribution in [2.45, 2.75) is 12.5 Å². The zero-order chi connectivity index (χ0) is 14.5. The number of esters is 1. The number of halogens is 1. The van der Waals surface area contributed by atoms with Gasteiger partial charge in [0.1, 0.15) is 11.9 Å². The van der Waals surface area contributed by atoms with Crippen LogP contribution in [0.25, 0.3) is 11.1 Å². The third kappa shape index (κ3) is 3.22. The summed E-state index contributed by atoms with van der Waals surface area (Å²) in [6, 6.07) is 13.1. The summed E-state index contributed by atoms with van der Waals surface area (Å²) in [7, 11) is 1.31. The highest BCUT2D eigenvalue weighted by Crippen LogP contribution is 2.25. The second-order valence-corrected chi connectivity index (χ2v) is 4.50. The highest BCUT2D eigenvalue weighted by atomic mass is 19.1. The van der Waals surface area contributed by atoms with Crippen LogP contribution in [0.15, 0.2) is 48.5 Å². The topological polar surface area (TPSA) is 52.3 Å². The van der Waals surface area contributed by atoms with Gasteiger partial charge < -0.3 is 10.5 Å². The van der Waals surface area contributed by atoms with E-state index in [4.69, 9.17) is 5.73 Å². The molecule has 20 heavy (non-hydrogen) atoms. The van der Waals surface area contributed by atoms with E-state index in [0.29, 0.717) is 6.42 Å². The summed E-state index contributed by atoms with van der Waals surface area (Å²) >= 11 is 0. The van der Waals surface area contributed by atoms with Gasteiger partial charge in [0.15, 0.2) is 0 Å². The van der Waals surface area contributed by atoms with E-state index in [2.05, 4.69) is 4.74 Å². The number of methoxy groups -OCH3 is 1. The molecule has 0 aliphatic carbocycles. The van der Waals surface area contributed by atoms with Gasteiger partial charge in [0.2, 0.25) is 0 Å². The predicted octanol–water partition coefficient (Wildman–Crippen LogP) is 2.54. The first-order valence-electron chi connectivity index (χ1n) is 6.29. The molecule has 0 aliphatic heterocycles. The van der Waals surface area contributed by atoms with Gasteiger partial charge in [-0.2, -0.15) is 0 Å². The van der Waals surface area contributed by atoms with Gasteiger partial charge in [-0.05, 0) is 35.2 Å². The van der Waals surface area contributed by atoms with Crippen LogP contribution in [0.2, 0.25) is 0 Å². The van der Waals surface area contributed by atoms with E-state index in [-0.39, 0.29) is 5.82 Å². The lowest BCUT2D eigenvalue weighted by Gasteiger charge is -2.13. The Hall–Kier alpha value is -2.20. The maximum atomic E-state index is 13.3. The molecule has 0 radical (unpaired) electrons. The molecule has 1 unspecified atom stereocenters. The molecule has 0 fully saturated rings. The van der Waals surface area contributed by atoms with Crippen molar-refractivity contribution in [3.8, 4) is 11.1 Å². The van der Waals surface area contributed by atoms with Gasteiger partial charge in [0.05, 0.1) is 7.11 Å². The molecule has 2 aromatic carbocycles. The first-order chi connectivity index (χ1) is 9.61. The predicted molar refractivity (Wildman–Crippen MR) is 75.5 cm³/mol. The molecule has 0 saturated heterocycles. The van der Waals surface area contributed by atoms with Crippen LogP contribution in [0.4, 0.5) is 4.39 Å². The van der Waals surface area contributed by atoms with Gasteiger partial charge >= 0.3 is 5.97 Å². The van der Waals surface area contributed by atoms with Crippen molar-refractivity contribution in [2.75, 3.05) is 7.11 Å². The van der Waals surface area contributed by atoms with E-state index >= 15 is 0 Å². The van der Waals surface area contributed by atoms with Gasteiger partial charge in [-0.15, -0.1) is 0 Å². The molecule has 0 spiro atoms. The Morgan fingerprint density at radius 2 is 2.00 bits per heavy atom. The molecule has 0 aliphatic rings. The molecule has 2 aromatic rings. The zero-order valence-electron chi connectivity index (χ0n) is 11.2. The quantitative estimate of drug-likeness (QED) is 0.871. The van der Waals surface area contributed by atoms with Gasteiger partial charge in [0.25, 0.3) is 0 Å². The smallest absolute Gasteiger partial charge is 0.322 e. The molecular formula is C16H16FNO2. The van der Waals surface area contributed by atoms with Crippen molar-refractivity contribution in [1.82, 2.24) is 0 Å². The largest absolute Gasteiger partial charge is 0.468 e. The highest BCUT2D eigenvalue weighted by molar-refractivity contribution is 5.77. The molecule has 4 heteroatoms. The second kappa shape index (κ2) is 6.30. The summed E-state index contributed by atoms with van der Waals surface area (Å²) in [5.41, 5.74) is 8.30. The van der Waals surface area contributed by atoms with Crippen molar-refractivity contribution in [3.63, 3.8) is 0 Å². The Morgan fingerprint density at radius 3 is 2.70 bits per heavy atom. The van der Waals surface area contributed by atoms with Crippen LogP contribution in [-0.4, -0.2) is 19.1 Å². The Bertz CT molecular complexity index is 613. The van der Waals surface area contributed by atoms with Crippen molar-refractivity contribution in [2.24, 2.45) is 5.73 Å². The molecule has 2 rings (SSSR count). The lowest BCUT2D eigenvalue weighted by atomic mass is 9.95. The van der Waals surface area contributed by atoms with Crippen LogP contribution in [0.5, 0.6) is 0 Å². The summed E-state index contributed by atoms with van der Waals surface area (Å²) in [5.74, 6) is -0.756. The van der Waals surface area contributed by atoms with Crippen molar-refractivity contribution in [1.29, 1.82) is 0 Å². The van der Waals surface area contributed by atoms with Crippen LogP contribution >= 0.6 is 0 Å². The lowest BCUT2D eigenvalue weighted by molar-refractivity contribution is -0.142. The van der Waals surface area contributed by atoms with Gasteiger partial charge in [-0.25, -0.2) is 4.39 Å². The van der Waals surface area contributed by atoms with E-state index in [9.17, 15) is 9.18 Å². The third-order valence-corrected chi connectivity index (χ3v) is 3.10. The van der Waals surface area contributed by atoms with E-state index < -0.39 is 12.0 Å². The van der Waals surface area contributed by atoms with Crippen molar-refractivity contribution >= 4 is 5.97 Å². The Balaban J connectivity index is 2.34. The first kappa shape index (κ1) is 14.2. The summed E-state index contributed by atoms with van der Waals surface area (Å²) in [4.78, 5) is 11.4. The lowest BCUT2D eigenvalue weighted by Crippen LogP contribution is -2.33. The van der Waals surface area contributed by atoms with Gasteiger partial charge in [-0.3, -0.25) is 4.79 Å². The Kier molecular flexibility index (Phi) is 4.48. The first-order valence-corrected chi connectivity index (χ1v) is 6.29. The molecule has 0 aromatic heterocycles. The third-order valence-electron chi connectivity index (χ3n) is 3.10. The summed E-state index contributed by atoms with van der Waals surface area (Å²) in [6.45, 7) is 0. The van der Waals surface area contributed by atoms with E-state index in [1.807, 2.05) is 30.3 Å². The number of carbonyl (C=O) groups is 1. The highest BCUT2D eigenvalue weighted by Gasteiger charge is 2.16. The van der Waals surface area contributed by atoms with Crippen molar-refractivity contribution < 1.29 is 13.9 Å². The van der Waals surface area contributed by atoms with Crippen LogP contribution in [0, 0.1) is 5.82 Å². The number of carbonyl (C=O) groups excluding carboxylic acids is 1. The van der Waals surface area contributed by atoms with Crippen LogP contribution in [0.3, 0.4) is 0 Å². The SMILES string of the molecule is COC(=O)C(N)Cc1ccccc1-c1cccc(F)c1. The molecular weight excluding hydrogens is 257 g/mol. The molecule has 2 N–H and O–H groups in total. The fourth-order valence-electron chi connectivity index (χ4n) is 2.11. The molecule has 0 heterocycles. The van der Waals surface area contributed by atoms with Crippen LogP contribution in [-0.2, 0) is 16.0 Å². The standard InChI is InChI=1S/C16H16FNO2/c1-20-16(19)15(18)10-12-5-2-3-8-14(12)11-6-4-7-13(17)9-11/h2-9,15H,10,18H2,1H3. The Labute approximate surface area is 117 Å². The second-order valence-electron chi connectivity index (χ2n) is 4.50. The van der Waals surface area contributed by atoms with E-state index in [1.165, 1.54) is 19.2 Å². The summed E-state index contributed by atoms with van der Waals surface area (Å²) in [6.07, 6.45) is 0.347. The normalized spacial score (nSPS) is 11.9. The summed E-state index contributed by atoms with van der Waals surface area (Å²) < 4.78 is 18.0. The fraction of sp³-hybridized carbons (Fsp3) is 0.188. The van der Waals surface area contributed by atoms with E-state index in [1.54, 1.807) is 6.07 Å².